The maximum Gasteiger partial charge on any atom is 0.406 e. The molecule has 1 aromatic carbocycles. The van der Waals surface area contributed by atoms with E-state index < -0.39 is 12.3 Å². The van der Waals surface area contributed by atoms with Crippen LogP contribution in [0.15, 0.2) is 24.3 Å². The van der Waals surface area contributed by atoms with Gasteiger partial charge in [0.2, 0.25) is 0 Å². The zero-order chi connectivity index (χ0) is 14.8. The number of carbonyl (C=O) groups excluding carboxylic acids is 2. The van der Waals surface area contributed by atoms with E-state index in [-0.39, 0.29) is 11.7 Å². The molecule has 1 aromatic rings. The summed E-state index contributed by atoms with van der Waals surface area (Å²) in [5.41, 5.74) is 7.00. The van der Waals surface area contributed by atoms with Gasteiger partial charge in [0.15, 0.2) is 12.0 Å². The molecule has 2 aliphatic rings. The minimum Gasteiger partial charge on any atom is -0.430 e. The number of carbonyl (C=O) groups is 2. The van der Waals surface area contributed by atoms with Crippen molar-refractivity contribution in [3.63, 3.8) is 0 Å². The van der Waals surface area contributed by atoms with Crippen LogP contribution in [0, 0.1) is 5.92 Å². The van der Waals surface area contributed by atoms with Crippen LogP contribution in [0.25, 0.3) is 0 Å². The summed E-state index contributed by atoms with van der Waals surface area (Å²) in [5.74, 6) is -0.282. The second kappa shape index (κ2) is 5.85. The lowest BCUT2D eigenvalue weighted by molar-refractivity contribution is -0.0460. The number of benzene rings is 1. The Bertz CT molecular complexity index is 552. The van der Waals surface area contributed by atoms with Gasteiger partial charge in [0.05, 0.1) is 5.92 Å². The number of rotatable bonds is 3. The summed E-state index contributed by atoms with van der Waals surface area (Å²) in [6.07, 6.45) is 2.57. The summed E-state index contributed by atoms with van der Waals surface area (Å²) in [4.78, 5) is 25.9. The summed E-state index contributed by atoms with van der Waals surface area (Å²) in [5, 5.41) is 0. The van der Waals surface area contributed by atoms with Crippen molar-refractivity contribution in [2.24, 2.45) is 11.7 Å². The van der Waals surface area contributed by atoms with E-state index in [1.54, 1.807) is 0 Å². The highest BCUT2D eigenvalue weighted by molar-refractivity contribution is 6.02. The first kappa shape index (κ1) is 14.1. The number of amides is 1. The van der Waals surface area contributed by atoms with E-state index in [0.29, 0.717) is 6.42 Å². The van der Waals surface area contributed by atoms with Crippen LogP contribution in [-0.4, -0.2) is 36.1 Å². The normalized spacial score (nSPS) is 23.6. The Hall–Kier alpha value is -1.88. The van der Waals surface area contributed by atoms with E-state index in [1.807, 2.05) is 24.3 Å². The van der Waals surface area contributed by atoms with Crippen LogP contribution in [0.5, 0.6) is 0 Å². The van der Waals surface area contributed by atoms with E-state index in [9.17, 15) is 9.59 Å². The molecule has 1 heterocycles. The molecular formula is C16H20N2O3. The molecule has 1 amide bonds. The molecule has 2 unspecified atom stereocenters. The number of Topliss-reactive ketones (excluding diaryl/α,β-unsaturated/α-hetero) is 1. The van der Waals surface area contributed by atoms with Crippen LogP contribution in [0.2, 0.25) is 0 Å². The van der Waals surface area contributed by atoms with Gasteiger partial charge >= 0.3 is 6.09 Å². The lowest BCUT2D eigenvalue weighted by Gasteiger charge is -2.36. The number of ether oxygens (including phenoxy) is 1. The smallest absolute Gasteiger partial charge is 0.406 e. The highest BCUT2D eigenvalue weighted by Crippen LogP contribution is 2.32. The number of piperidine rings is 1. The first-order valence-electron chi connectivity index (χ1n) is 7.49. The van der Waals surface area contributed by atoms with Crippen molar-refractivity contribution in [2.45, 2.75) is 31.9 Å². The Labute approximate surface area is 124 Å². The fourth-order valence-electron chi connectivity index (χ4n) is 3.40. The Morgan fingerprint density at radius 3 is 2.62 bits per heavy atom. The lowest BCUT2D eigenvalue weighted by Crippen LogP contribution is -2.48. The summed E-state index contributed by atoms with van der Waals surface area (Å²) in [6, 6.07) is 7.60. The molecular weight excluding hydrogens is 268 g/mol. The minimum absolute atomic E-state index is 0.0578. The van der Waals surface area contributed by atoms with Crippen molar-refractivity contribution < 1.29 is 14.3 Å². The molecule has 21 heavy (non-hydrogen) atoms. The van der Waals surface area contributed by atoms with Crippen LogP contribution in [0.4, 0.5) is 4.79 Å². The van der Waals surface area contributed by atoms with Gasteiger partial charge in [-0.3, -0.25) is 9.69 Å². The van der Waals surface area contributed by atoms with E-state index in [0.717, 1.165) is 37.1 Å². The van der Waals surface area contributed by atoms with E-state index >= 15 is 0 Å². The number of hydrogen-bond acceptors (Lipinski definition) is 4. The molecule has 0 saturated carbocycles. The van der Waals surface area contributed by atoms with Crippen molar-refractivity contribution in [1.82, 2.24) is 4.90 Å². The van der Waals surface area contributed by atoms with Gasteiger partial charge in [-0.25, -0.2) is 4.79 Å². The summed E-state index contributed by atoms with van der Waals surface area (Å²) in [6.45, 7) is 1.69. The third-order valence-electron chi connectivity index (χ3n) is 4.39. The summed E-state index contributed by atoms with van der Waals surface area (Å²) in [7, 11) is 0. The second-order valence-electron chi connectivity index (χ2n) is 5.76. The maximum atomic E-state index is 12.6. The van der Waals surface area contributed by atoms with Crippen molar-refractivity contribution in [1.29, 1.82) is 0 Å². The average Bonchev–Trinajstić information content (AvgIpc) is 2.83. The van der Waals surface area contributed by atoms with Gasteiger partial charge < -0.3 is 10.5 Å². The van der Waals surface area contributed by atoms with Gasteiger partial charge in [-0.05, 0) is 24.8 Å². The van der Waals surface area contributed by atoms with Crippen LogP contribution >= 0.6 is 0 Å². The molecule has 1 aliphatic heterocycles. The van der Waals surface area contributed by atoms with Gasteiger partial charge in [-0.1, -0.05) is 30.7 Å². The molecule has 0 bridgehead atoms. The molecule has 1 saturated heterocycles. The number of nitrogens with two attached hydrogens (primary N) is 1. The first-order chi connectivity index (χ1) is 10.2. The van der Waals surface area contributed by atoms with Crippen molar-refractivity contribution in [2.75, 3.05) is 13.1 Å². The highest BCUT2D eigenvalue weighted by atomic mass is 16.6. The SMILES string of the molecule is NC(=O)OC(C1Cc2ccccc2C1=O)N1CCCCC1. The Balaban J connectivity index is 1.84. The van der Waals surface area contributed by atoms with Gasteiger partial charge in [-0.2, -0.15) is 0 Å². The predicted octanol–water partition coefficient (Wildman–Crippen LogP) is 1.95. The highest BCUT2D eigenvalue weighted by Gasteiger charge is 2.41. The van der Waals surface area contributed by atoms with Crippen molar-refractivity contribution >= 4 is 11.9 Å². The fourth-order valence-corrected chi connectivity index (χ4v) is 3.40. The third kappa shape index (κ3) is 2.78. The zero-order valence-electron chi connectivity index (χ0n) is 12.0. The van der Waals surface area contributed by atoms with Gasteiger partial charge in [0.25, 0.3) is 0 Å². The van der Waals surface area contributed by atoms with Gasteiger partial charge in [-0.15, -0.1) is 0 Å². The van der Waals surface area contributed by atoms with Crippen LogP contribution in [-0.2, 0) is 11.2 Å². The summed E-state index contributed by atoms with van der Waals surface area (Å²) >= 11 is 0. The minimum atomic E-state index is -0.811. The molecule has 0 aromatic heterocycles. The molecule has 1 fully saturated rings. The number of ketones is 1. The van der Waals surface area contributed by atoms with E-state index in [1.165, 1.54) is 6.42 Å². The molecule has 1 aliphatic carbocycles. The Kier molecular flexibility index (Phi) is 3.92. The topological polar surface area (TPSA) is 72.6 Å². The molecule has 0 radical (unpaired) electrons. The Morgan fingerprint density at radius 1 is 1.24 bits per heavy atom. The third-order valence-corrected chi connectivity index (χ3v) is 4.39. The maximum absolute atomic E-state index is 12.6. The van der Waals surface area contributed by atoms with Crippen LogP contribution in [0.1, 0.15) is 35.2 Å². The quantitative estimate of drug-likeness (QED) is 0.922. The standard InChI is InChI=1S/C16H20N2O3/c17-16(20)21-15(18-8-4-1-5-9-18)13-10-11-6-2-3-7-12(11)14(13)19/h2-3,6-7,13,15H,1,4-5,8-10H2,(H2,17,20). The molecule has 2 N–H and O–H groups in total. The van der Waals surface area contributed by atoms with Crippen molar-refractivity contribution in [3.8, 4) is 0 Å². The van der Waals surface area contributed by atoms with Crippen LogP contribution in [0.3, 0.4) is 0 Å². The number of likely N-dealkylation sites (tertiary alicyclic amines) is 1. The van der Waals surface area contributed by atoms with Crippen molar-refractivity contribution in [3.05, 3.63) is 35.4 Å². The lowest BCUT2D eigenvalue weighted by atomic mass is 10.00. The largest absolute Gasteiger partial charge is 0.430 e. The van der Waals surface area contributed by atoms with Crippen LogP contribution < -0.4 is 5.73 Å². The molecule has 5 heteroatoms. The number of primary amides is 1. The predicted molar refractivity (Wildman–Crippen MR) is 77.8 cm³/mol. The molecule has 5 nitrogen and oxygen atoms in total. The van der Waals surface area contributed by atoms with E-state index in [2.05, 4.69) is 4.90 Å². The number of nitrogens with zero attached hydrogens (tertiary/aromatic N) is 1. The zero-order valence-corrected chi connectivity index (χ0v) is 12.0. The second-order valence-corrected chi connectivity index (χ2v) is 5.76. The number of hydrogen-bond donors (Lipinski definition) is 1. The summed E-state index contributed by atoms with van der Waals surface area (Å²) < 4.78 is 5.32. The van der Waals surface area contributed by atoms with Gasteiger partial charge in [0, 0.05) is 18.7 Å². The first-order valence-corrected chi connectivity index (χ1v) is 7.49. The number of fused-ring (bicyclic) bond motifs is 1. The monoisotopic (exact) mass is 288 g/mol. The van der Waals surface area contributed by atoms with E-state index in [4.69, 9.17) is 10.5 Å². The average molecular weight is 288 g/mol. The molecule has 3 rings (SSSR count). The molecule has 112 valence electrons. The Morgan fingerprint density at radius 2 is 1.95 bits per heavy atom. The van der Waals surface area contributed by atoms with Gasteiger partial charge in [0.1, 0.15) is 0 Å². The molecule has 2 atom stereocenters. The fraction of sp³-hybridized carbons (Fsp3) is 0.500. The molecule has 0 spiro atoms.